The Kier molecular flexibility index (Phi) is 4.98. The van der Waals surface area contributed by atoms with Gasteiger partial charge >= 0.3 is 5.97 Å². The molecule has 2 rings (SSSR count). The van der Waals surface area contributed by atoms with Crippen LogP contribution in [0.25, 0.3) is 0 Å². The second-order valence-corrected chi connectivity index (χ2v) is 5.09. The summed E-state index contributed by atoms with van der Waals surface area (Å²) in [6, 6.07) is 6.51. The number of carbonyl (C=O) groups is 2. The summed E-state index contributed by atoms with van der Waals surface area (Å²) in [4.78, 5) is 24.6. The number of rotatable bonds is 4. The van der Waals surface area contributed by atoms with E-state index < -0.39 is 12.1 Å². The zero-order valence-electron chi connectivity index (χ0n) is 10.9. The first kappa shape index (κ1) is 14.8. The molecule has 1 atom stereocenters. The summed E-state index contributed by atoms with van der Waals surface area (Å²) >= 11 is 5.81. The van der Waals surface area contributed by atoms with Gasteiger partial charge in [-0.25, -0.2) is 0 Å². The number of halogens is 1. The van der Waals surface area contributed by atoms with Gasteiger partial charge in [0.25, 0.3) is 5.91 Å². The Morgan fingerprint density at radius 2 is 2.00 bits per heavy atom. The first-order chi connectivity index (χ1) is 9.58. The number of hydrogen-bond acceptors (Lipinski definition) is 3. The zero-order valence-corrected chi connectivity index (χ0v) is 11.7. The number of ether oxygens (including phenoxy) is 1. The molecule has 1 heterocycles. The maximum atomic E-state index is 12.4. The molecule has 1 unspecified atom stereocenters. The van der Waals surface area contributed by atoms with Gasteiger partial charge in [-0.3, -0.25) is 14.5 Å². The highest BCUT2D eigenvalue weighted by atomic mass is 35.5. The molecule has 108 valence electrons. The molecule has 0 bridgehead atoms. The molecule has 0 spiro atoms. The van der Waals surface area contributed by atoms with Crippen molar-refractivity contribution in [1.82, 2.24) is 0 Å². The fourth-order valence-corrected chi connectivity index (χ4v) is 2.29. The SMILES string of the molecule is O=C(O)CN(C(=O)C1CCCCO1)c1ccc(Cl)cc1. The lowest BCUT2D eigenvalue weighted by molar-refractivity contribution is -0.139. The Bertz CT molecular complexity index is 482. The fourth-order valence-electron chi connectivity index (χ4n) is 2.16. The van der Waals surface area contributed by atoms with Crippen LogP contribution < -0.4 is 4.90 Å². The predicted molar refractivity (Wildman–Crippen MR) is 75.0 cm³/mol. The van der Waals surface area contributed by atoms with Crippen molar-refractivity contribution < 1.29 is 19.4 Å². The molecule has 5 nitrogen and oxygen atoms in total. The molecule has 0 aromatic heterocycles. The van der Waals surface area contributed by atoms with Crippen molar-refractivity contribution >= 4 is 29.2 Å². The van der Waals surface area contributed by atoms with E-state index in [2.05, 4.69) is 0 Å². The maximum Gasteiger partial charge on any atom is 0.323 e. The van der Waals surface area contributed by atoms with Gasteiger partial charge in [0.15, 0.2) is 0 Å². The van der Waals surface area contributed by atoms with E-state index in [1.807, 2.05) is 0 Å². The van der Waals surface area contributed by atoms with Gasteiger partial charge in [-0.2, -0.15) is 0 Å². The number of nitrogens with zero attached hydrogens (tertiary/aromatic N) is 1. The molecule has 1 aliphatic heterocycles. The highest BCUT2D eigenvalue weighted by Crippen LogP contribution is 2.22. The molecule has 0 saturated carbocycles. The molecular formula is C14H16ClNO4. The number of anilines is 1. The van der Waals surface area contributed by atoms with Gasteiger partial charge < -0.3 is 9.84 Å². The van der Waals surface area contributed by atoms with Crippen LogP contribution in [0.1, 0.15) is 19.3 Å². The third kappa shape index (κ3) is 3.71. The second-order valence-electron chi connectivity index (χ2n) is 4.65. The standard InChI is InChI=1S/C14H16ClNO4/c15-10-4-6-11(7-5-10)16(9-13(17)18)14(19)12-3-1-2-8-20-12/h4-7,12H,1-3,8-9H2,(H,17,18). The first-order valence-electron chi connectivity index (χ1n) is 6.48. The lowest BCUT2D eigenvalue weighted by atomic mass is 10.1. The normalized spacial score (nSPS) is 18.6. The molecule has 1 aromatic rings. The van der Waals surface area contributed by atoms with Crippen molar-refractivity contribution in [2.24, 2.45) is 0 Å². The zero-order chi connectivity index (χ0) is 14.5. The Morgan fingerprint density at radius 1 is 1.30 bits per heavy atom. The third-order valence-electron chi connectivity index (χ3n) is 3.15. The van der Waals surface area contributed by atoms with Gasteiger partial charge in [0.1, 0.15) is 12.6 Å². The van der Waals surface area contributed by atoms with Crippen molar-refractivity contribution in [1.29, 1.82) is 0 Å². The Labute approximate surface area is 122 Å². The van der Waals surface area contributed by atoms with Crippen LogP contribution in [0.3, 0.4) is 0 Å². The van der Waals surface area contributed by atoms with Crippen LogP contribution in [-0.2, 0) is 14.3 Å². The monoisotopic (exact) mass is 297 g/mol. The summed E-state index contributed by atoms with van der Waals surface area (Å²) in [7, 11) is 0. The summed E-state index contributed by atoms with van der Waals surface area (Å²) < 4.78 is 5.44. The Balaban J connectivity index is 2.19. The smallest absolute Gasteiger partial charge is 0.323 e. The molecule has 1 N–H and O–H groups in total. The largest absolute Gasteiger partial charge is 0.480 e. The lowest BCUT2D eigenvalue weighted by Crippen LogP contribution is -2.44. The van der Waals surface area contributed by atoms with Crippen molar-refractivity contribution in [3.8, 4) is 0 Å². The lowest BCUT2D eigenvalue weighted by Gasteiger charge is -2.28. The van der Waals surface area contributed by atoms with Crippen molar-refractivity contribution in [3.05, 3.63) is 29.3 Å². The number of carboxylic acid groups (broad SMARTS) is 1. The van der Waals surface area contributed by atoms with Crippen LogP contribution in [0.15, 0.2) is 24.3 Å². The minimum absolute atomic E-state index is 0.311. The molecule has 0 radical (unpaired) electrons. The Hall–Kier alpha value is -1.59. The van der Waals surface area contributed by atoms with Crippen LogP contribution in [0.5, 0.6) is 0 Å². The van der Waals surface area contributed by atoms with Gasteiger partial charge in [-0.05, 0) is 43.5 Å². The van der Waals surface area contributed by atoms with E-state index in [1.54, 1.807) is 24.3 Å². The van der Waals surface area contributed by atoms with E-state index in [-0.39, 0.29) is 12.5 Å². The van der Waals surface area contributed by atoms with Gasteiger partial charge in [0.2, 0.25) is 0 Å². The molecular weight excluding hydrogens is 282 g/mol. The molecule has 1 amide bonds. The van der Waals surface area contributed by atoms with E-state index in [0.29, 0.717) is 23.7 Å². The summed E-state index contributed by atoms with van der Waals surface area (Å²) in [6.45, 7) is 0.151. The van der Waals surface area contributed by atoms with Gasteiger partial charge in [0, 0.05) is 17.3 Å². The average molecular weight is 298 g/mol. The summed E-state index contributed by atoms with van der Waals surface area (Å²) in [5.74, 6) is -1.38. The fraction of sp³-hybridized carbons (Fsp3) is 0.429. The molecule has 20 heavy (non-hydrogen) atoms. The van der Waals surface area contributed by atoms with Gasteiger partial charge in [-0.1, -0.05) is 11.6 Å². The minimum atomic E-state index is -1.07. The van der Waals surface area contributed by atoms with Crippen molar-refractivity contribution in [3.63, 3.8) is 0 Å². The quantitative estimate of drug-likeness (QED) is 0.926. The van der Waals surface area contributed by atoms with E-state index in [9.17, 15) is 9.59 Å². The molecule has 1 aromatic carbocycles. The number of carbonyl (C=O) groups excluding carboxylic acids is 1. The van der Waals surface area contributed by atoms with Crippen LogP contribution in [0.2, 0.25) is 5.02 Å². The second kappa shape index (κ2) is 6.72. The third-order valence-corrected chi connectivity index (χ3v) is 3.40. The van der Waals surface area contributed by atoms with Crippen molar-refractivity contribution in [2.45, 2.75) is 25.4 Å². The number of aliphatic carboxylic acids is 1. The van der Waals surface area contributed by atoms with Gasteiger partial charge in [-0.15, -0.1) is 0 Å². The van der Waals surface area contributed by atoms with E-state index in [1.165, 1.54) is 4.90 Å². The van der Waals surface area contributed by atoms with E-state index >= 15 is 0 Å². The number of benzene rings is 1. The van der Waals surface area contributed by atoms with E-state index in [0.717, 1.165) is 12.8 Å². The first-order valence-corrected chi connectivity index (χ1v) is 6.86. The van der Waals surface area contributed by atoms with Crippen LogP contribution in [-0.4, -0.2) is 36.2 Å². The number of carboxylic acids is 1. The minimum Gasteiger partial charge on any atom is -0.480 e. The molecule has 1 saturated heterocycles. The average Bonchev–Trinajstić information content (AvgIpc) is 2.46. The van der Waals surface area contributed by atoms with Crippen molar-refractivity contribution in [2.75, 3.05) is 18.1 Å². The molecule has 1 aliphatic rings. The number of amides is 1. The van der Waals surface area contributed by atoms with Crippen LogP contribution in [0.4, 0.5) is 5.69 Å². The van der Waals surface area contributed by atoms with Crippen LogP contribution in [0, 0.1) is 0 Å². The summed E-state index contributed by atoms with van der Waals surface area (Å²) in [5, 5.41) is 9.52. The highest BCUT2D eigenvalue weighted by molar-refractivity contribution is 6.30. The highest BCUT2D eigenvalue weighted by Gasteiger charge is 2.29. The number of hydrogen-bond donors (Lipinski definition) is 1. The molecule has 6 heteroatoms. The summed E-state index contributed by atoms with van der Waals surface area (Å²) in [6.07, 6.45) is 1.92. The molecule has 1 fully saturated rings. The topological polar surface area (TPSA) is 66.8 Å². The van der Waals surface area contributed by atoms with Gasteiger partial charge in [0.05, 0.1) is 0 Å². The predicted octanol–water partition coefficient (Wildman–Crippen LogP) is 2.33. The molecule has 0 aliphatic carbocycles. The Morgan fingerprint density at radius 3 is 2.55 bits per heavy atom. The maximum absolute atomic E-state index is 12.4. The summed E-state index contributed by atoms with van der Waals surface area (Å²) in [5.41, 5.74) is 0.510. The van der Waals surface area contributed by atoms with E-state index in [4.69, 9.17) is 21.4 Å². The van der Waals surface area contributed by atoms with Crippen LogP contribution >= 0.6 is 11.6 Å².